The number of ether oxygens (including phenoxy) is 2. The molecule has 2 rings (SSSR count). The minimum absolute atomic E-state index is 0.0905. The van der Waals surface area contributed by atoms with E-state index >= 15 is 0 Å². The topological polar surface area (TPSA) is 35.5 Å². The minimum atomic E-state index is 0.0905. The highest BCUT2D eigenvalue weighted by molar-refractivity contribution is 6.04. The summed E-state index contributed by atoms with van der Waals surface area (Å²) in [6.45, 7) is 4.22. The number of rotatable bonds is 4. The van der Waals surface area contributed by atoms with Crippen LogP contribution in [0.25, 0.3) is 0 Å². The molecular formula is C14H18O3. The SMILES string of the molecule is COc1cccc(OC)c1C(=O)C1CC1(C)C. The zero-order valence-corrected chi connectivity index (χ0v) is 10.7. The lowest BCUT2D eigenvalue weighted by Crippen LogP contribution is -2.10. The third-order valence-electron chi connectivity index (χ3n) is 3.50. The van der Waals surface area contributed by atoms with Gasteiger partial charge in [0, 0.05) is 5.92 Å². The van der Waals surface area contributed by atoms with Gasteiger partial charge in [-0.2, -0.15) is 0 Å². The number of carbonyl (C=O) groups is 1. The van der Waals surface area contributed by atoms with Crippen molar-refractivity contribution in [3.05, 3.63) is 23.8 Å². The molecule has 0 bridgehead atoms. The van der Waals surface area contributed by atoms with Crippen LogP contribution in [0.1, 0.15) is 30.6 Å². The van der Waals surface area contributed by atoms with E-state index in [4.69, 9.17) is 9.47 Å². The molecule has 1 unspecified atom stereocenters. The van der Waals surface area contributed by atoms with Crippen molar-refractivity contribution >= 4 is 5.78 Å². The maximum atomic E-state index is 12.4. The van der Waals surface area contributed by atoms with Crippen molar-refractivity contribution in [2.75, 3.05) is 14.2 Å². The van der Waals surface area contributed by atoms with Gasteiger partial charge in [-0.25, -0.2) is 0 Å². The molecule has 1 aliphatic rings. The van der Waals surface area contributed by atoms with Gasteiger partial charge in [0.05, 0.1) is 14.2 Å². The number of benzene rings is 1. The predicted molar refractivity (Wildman–Crippen MR) is 65.8 cm³/mol. The normalized spacial score (nSPS) is 20.8. The maximum Gasteiger partial charge on any atom is 0.173 e. The van der Waals surface area contributed by atoms with Crippen LogP contribution in [0.4, 0.5) is 0 Å². The summed E-state index contributed by atoms with van der Waals surface area (Å²) in [6, 6.07) is 5.42. The molecule has 17 heavy (non-hydrogen) atoms. The Morgan fingerprint density at radius 2 is 1.71 bits per heavy atom. The zero-order chi connectivity index (χ0) is 12.6. The smallest absolute Gasteiger partial charge is 0.173 e. The molecule has 0 amide bonds. The second-order valence-electron chi connectivity index (χ2n) is 5.15. The molecule has 0 spiro atoms. The van der Waals surface area contributed by atoms with Crippen LogP contribution in [0.2, 0.25) is 0 Å². The standard InChI is InChI=1S/C14H18O3/c1-14(2)8-9(14)13(15)12-10(16-3)6-5-7-11(12)17-4/h5-7,9H,8H2,1-4H3. The molecule has 0 radical (unpaired) electrons. The van der Waals surface area contributed by atoms with Crippen LogP contribution in [0.15, 0.2) is 18.2 Å². The van der Waals surface area contributed by atoms with Crippen LogP contribution in [-0.4, -0.2) is 20.0 Å². The molecule has 3 nitrogen and oxygen atoms in total. The van der Waals surface area contributed by atoms with Gasteiger partial charge in [-0.3, -0.25) is 4.79 Å². The van der Waals surface area contributed by atoms with Gasteiger partial charge in [-0.15, -0.1) is 0 Å². The summed E-state index contributed by atoms with van der Waals surface area (Å²) in [6.07, 6.45) is 0.938. The van der Waals surface area contributed by atoms with E-state index in [1.807, 2.05) is 6.07 Å². The van der Waals surface area contributed by atoms with Crippen molar-refractivity contribution in [3.8, 4) is 11.5 Å². The second kappa shape index (κ2) is 4.06. The van der Waals surface area contributed by atoms with E-state index in [1.165, 1.54) is 0 Å². The quantitative estimate of drug-likeness (QED) is 0.751. The van der Waals surface area contributed by atoms with E-state index in [9.17, 15) is 4.79 Å². The number of methoxy groups -OCH3 is 2. The fourth-order valence-corrected chi connectivity index (χ4v) is 2.18. The van der Waals surface area contributed by atoms with Gasteiger partial charge in [0.1, 0.15) is 17.1 Å². The summed E-state index contributed by atoms with van der Waals surface area (Å²) in [5.41, 5.74) is 0.691. The van der Waals surface area contributed by atoms with Crippen molar-refractivity contribution in [2.45, 2.75) is 20.3 Å². The highest BCUT2D eigenvalue weighted by Crippen LogP contribution is 2.54. The summed E-state index contributed by atoms with van der Waals surface area (Å²) >= 11 is 0. The average Bonchev–Trinajstić information content (AvgIpc) is 2.96. The van der Waals surface area contributed by atoms with Crippen molar-refractivity contribution in [1.82, 2.24) is 0 Å². The van der Waals surface area contributed by atoms with Crippen LogP contribution in [0.3, 0.4) is 0 Å². The first-order chi connectivity index (χ1) is 8.01. The summed E-state index contributed by atoms with van der Waals surface area (Å²) < 4.78 is 10.5. The van der Waals surface area contributed by atoms with Gasteiger partial charge < -0.3 is 9.47 Å². The Morgan fingerprint density at radius 3 is 2.06 bits per heavy atom. The molecule has 0 saturated heterocycles. The van der Waals surface area contributed by atoms with Crippen molar-refractivity contribution in [3.63, 3.8) is 0 Å². The van der Waals surface area contributed by atoms with Crippen LogP contribution in [0, 0.1) is 11.3 Å². The highest BCUT2D eigenvalue weighted by Gasteiger charge is 2.51. The fraction of sp³-hybridized carbons (Fsp3) is 0.500. The molecule has 1 aromatic carbocycles. The van der Waals surface area contributed by atoms with Gasteiger partial charge in [0.25, 0.3) is 0 Å². The number of hydrogen-bond acceptors (Lipinski definition) is 3. The lowest BCUT2D eigenvalue weighted by Gasteiger charge is -2.12. The molecular weight excluding hydrogens is 216 g/mol. The van der Waals surface area contributed by atoms with E-state index in [0.717, 1.165) is 6.42 Å². The molecule has 1 fully saturated rings. The van der Waals surface area contributed by atoms with Crippen molar-refractivity contribution in [2.24, 2.45) is 11.3 Å². The summed E-state index contributed by atoms with van der Waals surface area (Å²) in [4.78, 5) is 12.4. The molecule has 0 aliphatic heterocycles. The Balaban J connectivity index is 2.40. The molecule has 1 saturated carbocycles. The van der Waals surface area contributed by atoms with E-state index in [0.29, 0.717) is 17.1 Å². The van der Waals surface area contributed by atoms with Crippen LogP contribution >= 0.6 is 0 Å². The van der Waals surface area contributed by atoms with Crippen LogP contribution in [-0.2, 0) is 0 Å². The van der Waals surface area contributed by atoms with Gasteiger partial charge in [-0.05, 0) is 24.0 Å². The first-order valence-corrected chi connectivity index (χ1v) is 5.76. The Bertz CT molecular complexity index is 427. The predicted octanol–water partition coefficient (Wildman–Crippen LogP) is 2.93. The molecule has 1 atom stereocenters. The second-order valence-corrected chi connectivity index (χ2v) is 5.15. The Labute approximate surface area is 102 Å². The highest BCUT2D eigenvalue weighted by atomic mass is 16.5. The maximum absolute atomic E-state index is 12.4. The van der Waals surface area contributed by atoms with Gasteiger partial charge in [-0.1, -0.05) is 19.9 Å². The number of carbonyl (C=O) groups excluding carboxylic acids is 1. The molecule has 0 N–H and O–H groups in total. The van der Waals surface area contributed by atoms with Gasteiger partial charge in [0.15, 0.2) is 5.78 Å². The number of Topliss-reactive ketones (excluding diaryl/α,β-unsaturated/α-hetero) is 1. The lowest BCUT2D eigenvalue weighted by atomic mass is 9.99. The molecule has 0 aromatic heterocycles. The van der Waals surface area contributed by atoms with Crippen molar-refractivity contribution < 1.29 is 14.3 Å². The molecule has 1 aromatic rings. The van der Waals surface area contributed by atoms with Gasteiger partial charge >= 0.3 is 0 Å². The molecule has 92 valence electrons. The first kappa shape index (κ1) is 12.0. The molecule has 1 aliphatic carbocycles. The number of hydrogen-bond donors (Lipinski definition) is 0. The Kier molecular flexibility index (Phi) is 2.86. The van der Waals surface area contributed by atoms with E-state index in [2.05, 4.69) is 13.8 Å². The fourth-order valence-electron chi connectivity index (χ4n) is 2.18. The molecule has 0 heterocycles. The molecule has 3 heteroatoms. The number of ketones is 1. The summed E-state index contributed by atoms with van der Waals surface area (Å²) in [5.74, 6) is 1.41. The summed E-state index contributed by atoms with van der Waals surface area (Å²) in [7, 11) is 3.15. The first-order valence-electron chi connectivity index (χ1n) is 5.76. The van der Waals surface area contributed by atoms with Gasteiger partial charge in [0.2, 0.25) is 0 Å². The zero-order valence-electron chi connectivity index (χ0n) is 10.7. The Hall–Kier alpha value is -1.51. The average molecular weight is 234 g/mol. The summed E-state index contributed by atoms with van der Waals surface area (Å²) in [5, 5.41) is 0. The monoisotopic (exact) mass is 234 g/mol. The van der Waals surface area contributed by atoms with Crippen LogP contribution < -0.4 is 9.47 Å². The van der Waals surface area contributed by atoms with E-state index in [1.54, 1.807) is 26.4 Å². The largest absolute Gasteiger partial charge is 0.496 e. The van der Waals surface area contributed by atoms with Crippen molar-refractivity contribution in [1.29, 1.82) is 0 Å². The van der Waals surface area contributed by atoms with E-state index in [-0.39, 0.29) is 17.1 Å². The van der Waals surface area contributed by atoms with Crippen LogP contribution in [0.5, 0.6) is 11.5 Å². The Morgan fingerprint density at radius 1 is 1.24 bits per heavy atom. The van der Waals surface area contributed by atoms with E-state index < -0.39 is 0 Å². The third-order valence-corrected chi connectivity index (χ3v) is 3.50. The third kappa shape index (κ3) is 2.02. The lowest BCUT2D eigenvalue weighted by molar-refractivity contribution is 0.0947. The minimum Gasteiger partial charge on any atom is -0.496 e.